The van der Waals surface area contributed by atoms with Crippen molar-refractivity contribution in [1.82, 2.24) is 0 Å². The Morgan fingerprint density at radius 2 is 2.17 bits per heavy atom. The van der Waals surface area contributed by atoms with E-state index in [1.54, 1.807) is 25.1 Å². The molecule has 6 heteroatoms. The summed E-state index contributed by atoms with van der Waals surface area (Å²) in [5.41, 5.74) is 2.55. The number of benzene rings is 1. The Hall–Kier alpha value is -1.92. The first-order valence-corrected chi connectivity index (χ1v) is 5.60. The summed E-state index contributed by atoms with van der Waals surface area (Å²) in [4.78, 5) is 22.3. The van der Waals surface area contributed by atoms with Crippen LogP contribution in [0.2, 0.25) is 0 Å². The number of nitrogens with one attached hydrogen (secondary N) is 1. The Bertz CT molecular complexity index is 446. The van der Waals surface area contributed by atoms with E-state index < -0.39 is 0 Å². The second kappa shape index (κ2) is 6.73. The first kappa shape index (κ1) is 14.1. The number of amides is 1. The molecule has 1 amide bonds. The summed E-state index contributed by atoms with van der Waals surface area (Å²) in [7, 11) is 0. The maximum absolute atomic E-state index is 11.3. The fraction of sp³-hybridized carbons (Fsp3) is 0.333. The van der Waals surface area contributed by atoms with E-state index in [0.29, 0.717) is 23.5 Å². The molecule has 0 radical (unpaired) electrons. The molecule has 0 bridgehead atoms. The van der Waals surface area contributed by atoms with Crippen molar-refractivity contribution in [2.24, 2.45) is 0 Å². The molecule has 0 saturated carbocycles. The van der Waals surface area contributed by atoms with Crippen LogP contribution in [0.3, 0.4) is 0 Å². The van der Waals surface area contributed by atoms with Crippen LogP contribution in [0, 0.1) is 0 Å². The maximum atomic E-state index is 11.3. The highest BCUT2D eigenvalue weighted by Crippen LogP contribution is 2.19. The number of hydrogen-bond acceptors (Lipinski definition) is 4. The van der Waals surface area contributed by atoms with E-state index in [1.807, 2.05) is 0 Å². The third kappa shape index (κ3) is 4.15. The minimum Gasteiger partial charge on any atom is -0.466 e. The number of esters is 1. The number of rotatable bonds is 5. The molecular formula is C12H17N2O4+. The summed E-state index contributed by atoms with van der Waals surface area (Å²) in [5.74, 6) is -0.551. The first-order valence-electron chi connectivity index (χ1n) is 5.60. The standard InChI is InChI=1S/C12H16N2O4/c1-3-18-12(16)7-9-4-5-10(13-8(2)15)11(6-9)14-17/h4-6,14,17H,3,7H2,1-2H3,(H,13,15)/p+1. The molecule has 0 aliphatic heterocycles. The molecule has 0 spiro atoms. The summed E-state index contributed by atoms with van der Waals surface area (Å²) >= 11 is 0. The van der Waals surface area contributed by atoms with Crippen molar-refractivity contribution in [3.05, 3.63) is 23.8 Å². The zero-order valence-corrected chi connectivity index (χ0v) is 10.4. The molecule has 0 saturated heterocycles. The Balaban J connectivity index is 2.84. The minimum absolute atomic E-state index is 0.134. The van der Waals surface area contributed by atoms with Crippen LogP contribution in [0.1, 0.15) is 19.4 Å². The lowest BCUT2D eigenvalue weighted by Crippen LogP contribution is -2.74. The van der Waals surface area contributed by atoms with E-state index in [-0.39, 0.29) is 18.3 Å². The third-order valence-electron chi connectivity index (χ3n) is 2.22. The average Bonchev–Trinajstić information content (AvgIpc) is 2.30. The molecule has 0 aliphatic rings. The van der Waals surface area contributed by atoms with Gasteiger partial charge in [-0.3, -0.25) is 9.59 Å². The molecule has 0 fully saturated rings. The van der Waals surface area contributed by atoms with E-state index in [4.69, 9.17) is 9.94 Å². The number of quaternary nitrogens is 1. The topological polar surface area (TPSA) is 92.2 Å². The van der Waals surface area contributed by atoms with Gasteiger partial charge in [-0.1, -0.05) is 6.07 Å². The van der Waals surface area contributed by atoms with Crippen LogP contribution < -0.4 is 10.8 Å². The summed E-state index contributed by atoms with van der Waals surface area (Å²) in [6.45, 7) is 3.46. The fourth-order valence-corrected chi connectivity index (χ4v) is 1.51. The van der Waals surface area contributed by atoms with Gasteiger partial charge in [-0.25, -0.2) is 5.21 Å². The SMILES string of the molecule is CCOC(=O)Cc1ccc(NC(C)=O)c([NH2+]O)c1. The Kier molecular flexibility index (Phi) is 5.29. The molecule has 1 rings (SSSR count). The van der Waals surface area contributed by atoms with Crippen molar-refractivity contribution in [2.75, 3.05) is 11.9 Å². The molecule has 0 heterocycles. The van der Waals surface area contributed by atoms with E-state index in [9.17, 15) is 9.59 Å². The van der Waals surface area contributed by atoms with Gasteiger partial charge in [-0.15, -0.1) is 0 Å². The molecule has 1 aromatic carbocycles. The number of hydrogen-bond donors (Lipinski definition) is 3. The Morgan fingerprint density at radius 3 is 2.72 bits per heavy atom. The van der Waals surface area contributed by atoms with Crippen LogP contribution in [-0.2, 0) is 20.7 Å². The van der Waals surface area contributed by atoms with Crippen LogP contribution in [0.25, 0.3) is 0 Å². The number of ether oxygens (including phenoxy) is 1. The van der Waals surface area contributed by atoms with Crippen molar-refractivity contribution >= 4 is 23.3 Å². The molecule has 18 heavy (non-hydrogen) atoms. The minimum atomic E-state index is -0.325. The average molecular weight is 253 g/mol. The second-order valence-corrected chi connectivity index (χ2v) is 3.71. The molecule has 4 N–H and O–H groups in total. The maximum Gasteiger partial charge on any atom is 0.310 e. The van der Waals surface area contributed by atoms with E-state index in [1.165, 1.54) is 6.92 Å². The first-order chi connectivity index (χ1) is 8.56. The number of nitrogens with two attached hydrogens (primary N) is 1. The molecule has 6 nitrogen and oxygen atoms in total. The summed E-state index contributed by atoms with van der Waals surface area (Å²) in [5, 5.41) is 11.7. The fourth-order valence-electron chi connectivity index (χ4n) is 1.51. The number of carbonyl (C=O) groups is 2. The van der Waals surface area contributed by atoms with Gasteiger partial charge in [0, 0.05) is 13.0 Å². The molecular weight excluding hydrogens is 236 g/mol. The van der Waals surface area contributed by atoms with Gasteiger partial charge in [0.2, 0.25) is 5.91 Å². The van der Waals surface area contributed by atoms with Crippen molar-refractivity contribution in [1.29, 1.82) is 0 Å². The lowest BCUT2D eigenvalue weighted by Gasteiger charge is -2.07. The largest absolute Gasteiger partial charge is 0.466 e. The highest BCUT2D eigenvalue weighted by Gasteiger charge is 2.11. The smallest absolute Gasteiger partial charge is 0.310 e. The van der Waals surface area contributed by atoms with E-state index in [0.717, 1.165) is 5.48 Å². The third-order valence-corrected chi connectivity index (χ3v) is 2.22. The Morgan fingerprint density at radius 1 is 1.44 bits per heavy atom. The van der Waals surface area contributed by atoms with Crippen LogP contribution in [0.4, 0.5) is 11.4 Å². The number of anilines is 1. The second-order valence-electron chi connectivity index (χ2n) is 3.71. The lowest BCUT2D eigenvalue weighted by atomic mass is 10.1. The molecule has 0 aromatic heterocycles. The predicted octanol–water partition coefficient (Wildman–Crippen LogP) is 0.335. The van der Waals surface area contributed by atoms with Gasteiger partial charge in [0.05, 0.1) is 13.0 Å². The van der Waals surface area contributed by atoms with E-state index in [2.05, 4.69) is 5.32 Å². The summed E-state index contributed by atoms with van der Waals surface area (Å²) in [6.07, 6.45) is 0.134. The van der Waals surface area contributed by atoms with Gasteiger partial charge in [0.1, 0.15) is 5.69 Å². The normalized spacial score (nSPS) is 9.94. The highest BCUT2D eigenvalue weighted by atomic mass is 16.5. The number of carbonyl (C=O) groups excluding carboxylic acids is 2. The monoisotopic (exact) mass is 253 g/mol. The van der Waals surface area contributed by atoms with Crippen molar-refractivity contribution in [2.45, 2.75) is 20.3 Å². The molecule has 0 atom stereocenters. The van der Waals surface area contributed by atoms with Crippen molar-refractivity contribution < 1.29 is 25.0 Å². The quantitative estimate of drug-likeness (QED) is 0.400. The summed E-state index contributed by atoms with van der Waals surface area (Å²) in [6, 6.07) is 4.97. The van der Waals surface area contributed by atoms with Gasteiger partial charge in [-0.2, -0.15) is 5.48 Å². The van der Waals surface area contributed by atoms with Crippen molar-refractivity contribution in [3.63, 3.8) is 0 Å². The van der Waals surface area contributed by atoms with Crippen LogP contribution in [0.5, 0.6) is 0 Å². The highest BCUT2D eigenvalue weighted by molar-refractivity contribution is 5.91. The van der Waals surface area contributed by atoms with Crippen LogP contribution in [-0.4, -0.2) is 23.7 Å². The zero-order chi connectivity index (χ0) is 13.5. The molecule has 0 aliphatic carbocycles. The van der Waals surface area contributed by atoms with Gasteiger partial charge in [0.15, 0.2) is 5.69 Å². The van der Waals surface area contributed by atoms with Crippen LogP contribution in [0.15, 0.2) is 18.2 Å². The molecule has 98 valence electrons. The van der Waals surface area contributed by atoms with Gasteiger partial charge < -0.3 is 10.1 Å². The van der Waals surface area contributed by atoms with Gasteiger partial charge in [0.25, 0.3) is 0 Å². The predicted molar refractivity (Wildman–Crippen MR) is 64.5 cm³/mol. The van der Waals surface area contributed by atoms with Crippen LogP contribution >= 0.6 is 0 Å². The van der Waals surface area contributed by atoms with E-state index >= 15 is 0 Å². The van der Waals surface area contributed by atoms with Gasteiger partial charge >= 0.3 is 5.97 Å². The zero-order valence-electron chi connectivity index (χ0n) is 10.4. The molecule has 1 aromatic rings. The Labute approximate surface area is 105 Å². The molecule has 0 unspecified atom stereocenters. The van der Waals surface area contributed by atoms with Gasteiger partial charge in [-0.05, 0) is 18.6 Å². The lowest BCUT2D eigenvalue weighted by molar-refractivity contribution is -0.825. The summed E-state index contributed by atoms with van der Waals surface area (Å²) < 4.78 is 4.83. The van der Waals surface area contributed by atoms with Crippen molar-refractivity contribution in [3.8, 4) is 0 Å².